The highest BCUT2D eigenvalue weighted by Gasteiger charge is 2.25. The molecule has 6 nitrogen and oxygen atoms in total. The molecular formula is C18H24FN5O. The minimum absolute atomic E-state index is 0.0904. The van der Waals surface area contributed by atoms with Crippen LogP contribution in [0.5, 0.6) is 0 Å². The molecule has 0 fully saturated rings. The summed E-state index contributed by atoms with van der Waals surface area (Å²) in [6.07, 6.45) is 0.852. The molecule has 0 spiro atoms. The minimum Gasteiger partial charge on any atom is -0.332 e. The van der Waals surface area contributed by atoms with Crippen LogP contribution >= 0.6 is 0 Å². The summed E-state index contributed by atoms with van der Waals surface area (Å²) in [5, 5.41) is 10.6. The van der Waals surface area contributed by atoms with Gasteiger partial charge in [0.15, 0.2) is 5.69 Å². The van der Waals surface area contributed by atoms with E-state index in [0.29, 0.717) is 25.3 Å². The maximum Gasteiger partial charge on any atom is 0.275 e. The topological polar surface area (TPSA) is 64.3 Å². The highest BCUT2D eigenvalue weighted by molar-refractivity contribution is 5.94. The number of carbonyl (C=O) groups excluding carboxylic acids is 1. The van der Waals surface area contributed by atoms with Gasteiger partial charge in [0.25, 0.3) is 5.91 Å². The van der Waals surface area contributed by atoms with Crippen molar-refractivity contribution in [2.45, 2.75) is 19.5 Å². The van der Waals surface area contributed by atoms with Gasteiger partial charge in [0.1, 0.15) is 5.82 Å². The molecule has 2 N–H and O–H groups in total. The van der Waals surface area contributed by atoms with E-state index in [0.717, 1.165) is 36.3 Å². The van der Waals surface area contributed by atoms with E-state index in [1.54, 1.807) is 17.0 Å². The highest BCUT2D eigenvalue weighted by atomic mass is 19.1. The van der Waals surface area contributed by atoms with Gasteiger partial charge in [0.05, 0.1) is 0 Å². The van der Waals surface area contributed by atoms with Crippen molar-refractivity contribution in [1.29, 1.82) is 0 Å². The Balaban J connectivity index is 1.81. The van der Waals surface area contributed by atoms with E-state index < -0.39 is 0 Å². The van der Waals surface area contributed by atoms with Gasteiger partial charge in [-0.15, -0.1) is 0 Å². The molecule has 0 saturated heterocycles. The van der Waals surface area contributed by atoms with Gasteiger partial charge >= 0.3 is 0 Å². The van der Waals surface area contributed by atoms with E-state index in [-0.39, 0.29) is 11.7 Å². The van der Waals surface area contributed by atoms with Gasteiger partial charge in [-0.2, -0.15) is 5.10 Å². The lowest BCUT2D eigenvalue weighted by molar-refractivity contribution is 0.0724. The Labute approximate surface area is 147 Å². The summed E-state index contributed by atoms with van der Waals surface area (Å²) in [7, 11) is 3.95. The lowest BCUT2D eigenvalue weighted by atomic mass is 10.1. The van der Waals surface area contributed by atoms with Crippen molar-refractivity contribution in [3.63, 3.8) is 0 Å². The number of nitrogens with zero attached hydrogens (tertiary/aromatic N) is 3. The first-order valence-corrected chi connectivity index (χ1v) is 8.50. The number of amides is 1. The van der Waals surface area contributed by atoms with E-state index in [1.165, 1.54) is 12.1 Å². The van der Waals surface area contributed by atoms with E-state index in [1.807, 2.05) is 19.0 Å². The number of rotatable bonds is 6. The predicted molar refractivity (Wildman–Crippen MR) is 93.7 cm³/mol. The van der Waals surface area contributed by atoms with Crippen LogP contribution in [-0.4, -0.2) is 59.6 Å². The van der Waals surface area contributed by atoms with Crippen molar-refractivity contribution < 1.29 is 9.18 Å². The van der Waals surface area contributed by atoms with E-state index in [9.17, 15) is 9.18 Å². The first-order chi connectivity index (χ1) is 12.0. The second-order valence-electron chi connectivity index (χ2n) is 6.61. The Morgan fingerprint density at radius 2 is 2.00 bits per heavy atom. The zero-order valence-electron chi connectivity index (χ0n) is 14.7. The number of fused-ring (bicyclic) bond motifs is 1. The van der Waals surface area contributed by atoms with Crippen LogP contribution < -0.4 is 5.32 Å². The molecule has 1 aromatic carbocycles. The molecule has 2 aromatic rings. The highest BCUT2D eigenvalue weighted by Crippen LogP contribution is 2.18. The number of benzene rings is 1. The van der Waals surface area contributed by atoms with Gasteiger partial charge in [-0.05, 0) is 31.8 Å². The number of H-pyrrole nitrogens is 1. The molecule has 1 aliphatic heterocycles. The number of aromatic amines is 1. The Bertz CT molecular complexity index is 726. The van der Waals surface area contributed by atoms with Crippen molar-refractivity contribution >= 4 is 5.91 Å². The summed E-state index contributed by atoms with van der Waals surface area (Å²) in [4.78, 5) is 16.9. The Morgan fingerprint density at radius 3 is 2.72 bits per heavy atom. The number of aromatic nitrogens is 2. The number of hydrogen-bond donors (Lipinski definition) is 2. The molecule has 1 aliphatic rings. The number of halogens is 1. The molecule has 0 saturated carbocycles. The molecule has 25 heavy (non-hydrogen) atoms. The van der Waals surface area contributed by atoms with E-state index in [2.05, 4.69) is 15.5 Å². The summed E-state index contributed by atoms with van der Waals surface area (Å²) in [5.41, 5.74) is 3.39. The molecular weight excluding hydrogens is 321 g/mol. The van der Waals surface area contributed by atoms with Crippen molar-refractivity contribution in [1.82, 2.24) is 25.3 Å². The fraction of sp³-hybridized carbons (Fsp3) is 0.444. The zero-order valence-corrected chi connectivity index (χ0v) is 14.7. The third-order valence-corrected chi connectivity index (χ3v) is 4.40. The molecule has 1 aromatic heterocycles. The van der Waals surface area contributed by atoms with Gasteiger partial charge in [-0.1, -0.05) is 12.1 Å². The summed E-state index contributed by atoms with van der Waals surface area (Å²) in [6.45, 7) is 3.31. The SMILES string of the molecule is CN(C)CCN(Cc1ccc(F)cc1)C(=O)c1n[nH]c2c1CNCC2. The maximum absolute atomic E-state index is 13.1. The predicted octanol–water partition coefficient (Wildman–Crippen LogP) is 1.40. The number of nitrogens with one attached hydrogen (secondary N) is 2. The molecule has 0 radical (unpaired) electrons. The smallest absolute Gasteiger partial charge is 0.275 e. The quantitative estimate of drug-likeness (QED) is 0.831. The Morgan fingerprint density at radius 1 is 1.24 bits per heavy atom. The summed E-state index contributed by atoms with van der Waals surface area (Å²) in [6, 6.07) is 6.27. The van der Waals surface area contributed by atoms with Crippen LogP contribution in [0.15, 0.2) is 24.3 Å². The minimum atomic E-state index is -0.276. The van der Waals surface area contributed by atoms with Crippen LogP contribution in [0.4, 0.5) is 4.39 Å². The van der Waals surface area contributed by atoms with Gasteiger partial charge < -0.3 is 15.1 Å². The van der Waals surface area contributed by atoms with Crippen LogP contribution in [0.25, 0.3) is 0 Å². The zero-order chi connectivity index (χ0) is 17.8. The van der Waals surface area contributed by atoms with Crippen molar-refractivity contribution in [3.05, 3.63) is 52.6 Å². The lowest BCUT2D eigenvalue weighted by Crippen LogP contribution is -2.37. The monoisotopic (exact) mass is 345 g/mol. The van der Waals surface area contributed by atoms with Gasteiger partial charge in [-0.3, -0.25) is 9.89 Å². The average molecular weight is 345 g/mol. The third-order valence-electron chi connectivity index (χ3n) is 4.40. The number of hydrogen-bond acceptors (Lipinski definition) is 4. The normalized spacial score (nSPS) is 13.8. The second-order valence-corrected chi connectivity index (χ2v) is 6.61. The van der Waals surface area contributed by atoms with E-state index in [4.69, 9.17) is 0 Å². The third kappa shape index (κ3) is 4.24. The van der Waals surface area contributed by atoms with Gasteiger partial charge in [0, 0.05) is 50.4 Å². The van der Waals surface area contributed by atoms with Crippen LogP contribution in [0.1, 0.15) is 27.3 Å². The molecule has 0 atom stereocenters. The molecule has 2 heterocycles. The largest absolute Gasteiger partial charge is 0.332 e. The van der Waals surface area contributed by atoms with Crippen LogP contribution in [0.3, 0.4) is 0 Å². The molecule has 0 bridgehead atoms. The molecule has 7 heteroatoms. The van der Waals surface area contributed by atoms with E-state index >= 15 is 0 Å². The van der Waals surface area contributed by atoms with Crippen LogP contribution in [0.2, 0.25) is 0 Å². The summed E-state index contributed by atoms with van der Waals surface area (Å²) in [5.74, 6) is -0.366. The Hall–Kier alpha value is -2.25. The molecule has 0 unspecified atom stereocenters. The standard InChI is InChI=1S/C18H24FN5O/c1-23(2)9-10-24(12-13-3-5-14(19)6-4-13)18(25)17-15-11-20-8-7-16(15)21-22-17/h3-6,20H,7-12H2,1-2H3,(H,21,22). The van der Waals surface area contributed by atoms with Gasteiger partial charge in [0.2, 0.25) is 0 Å². The van der Waals surface area contributed by atoms with Crippen LogP contribution in [0, 0.1) is 5.82 Å². The first-order valence-electron chi connectivity index (χ1n) is 8.50. The van der Waals surface area contributed by atoms with Gasteiger partial charge in [-0.25, -0.2) is 4.39 Å². The van der Waals surface area contributed by atoms with Crippen molar-refractivity contribution in [2.75, 3.05) is 33.7 Å². The number of carbonyl (C=O) groups is 1. The first kappa shape index (κ1) is 17.6. The van der Waals surface area contributed by atoms with Crippen molar-refractivity contribution in [3.8, 4) is 0 Å². The summed E-state index contributed by atoms with van der Waals surface area (Å²) < 4.78 is 13.1. The fourth-order valence-corrected chi connectivity index (χ4v) is 2.94. The molecule has 134 valence electrons. The lowest BCUT2D eigenvalue weighted by Gasteiger charge is -2.24. The molecule has 1 amide bonds. The number of likely N-dealkylation sites (N-methyl/N-ethyl adjacent to an activating group) is 1. The maximum atomic E-state index is 13.1. The average Bonchev–Trinajstić information content (AvgIpc) is 3.03. The fourth-order valence-electron chi connectivity index (χ4n) is 2.94. The molecule has 0 aliphatic carbocycles. The molecule has 3 rings (SSSR count). The Kier molecular flexibility index (Phi) is 5.45. The van der Waals surface area contributed by atoms with Crippen molar-refractivity contribution in [2.24, 2.45) is 0 Å². The second kappa shape index (κ2) is 7.76. The van der Waals surface area contributed by atoms with Crippen LogP contribution in [-0.2, 0) is 19.5 Å². The summed E-state index contributed by atoms with van der Waals surface area (Å²) >= 11 is 0.